The van der Waals surface area contributed by atoms with Crippen LogP contribution in [0.3, 0.4) is 0 Å². The van der Waals surface area contributed by atoms with E-state index >= 15 is 0 Å². The van der Waals surface area contributed by atoms with Crippen molar-refractivity contribution < 1.29 is 14.1 Å². The first-order valence-electron chi connectivity index (χ1n) is 10.3. The standard InChI is InChI=1S/C24H20ClFN4O3S/c1-16-27-28-24(30(16)20-8-3-2-4-9-20)34-23(14-29(31)32)18-10-11-22(21(25)13-18)33-15-17-6-5-7-19(26)12-17/h2-13,23H,14-15H2,1H3/t23-/m0/s1. The average molecular weight is 499 g/mol. The molecule has 0 aliphatic heterocycles. The molecular formula is C24H20ClFN4O3S. The van der Waals surface area contributed by atoms with Crippen LogP contribution in [0.25, 0.3) is 5.69 Å². The second kappa shape index (κ2) is 10.7. The Hall–Kier alpha value is -3.43. The number of benzene rings is 3. The summed E-state index contributed by atoms with van der Waals surface area (Å²) in [7, 11) is 0. The van der Waals surface area contributed by atoms with Crippen molar-refractivity contribution in [2.24, 2.45) is 0 Å². The molecule has 0 amide bonds. The number of aryl methyl sites for hydroxylation is 1. The summed E-state index contributed by atoms with van der Waals surface area (Å²) >= 11 is 7.68. The van der Waals surface area contributed by atoms with Gasteiger partial charge in [-0.2, -0.15) is 0 Å². The Kier molecular flexibility index (Phi) is 7.44. The van der Waals surface area contributed by atoms with E-state index in [-0.39, 0.29) is 23.9 Å². The van der Waals surface area contributed by atoms with Gasteiger partial charge in [0.05, 0.1) is 5.02 Å². The molecule has 0 fully saturated rings. The maximum absolute atomic E-state index is 13.4. The first-order valence-corrected chi connectivity index (χ1v) is 11.6. The summed E-state index contributed by atoms with van der Waals surface area (Å²) in [5, 5.41) is 20.1. The predicted molar refractivity (Wildman–Crippen MR) is 129 cm³/mol. The number of para-hydroxylation sites is 1. The molecule has 0 spiro atoms. The third-order valence-corrected chi connectivity index (χ3v) is 6.46. The molecule has 174 valence electrons. The largest absolute Gasteiger partial charge is 0.487 e. The summed E-state index contributed by atoms with van der Waals surface area (Å²) in [6.45, 7) is 1.64. The summed E-state index contributed by atoms with van der Waals surface area (Å²) in [6.07, 6.45) is 0. The second-order valence-corrected chi connectivity index (χ2v) is 9.01. The number of thioether (sulfide) groups is 1. The number of rotatable bonds is 9. The summed E-state index contributed by atoms with van der Waals surface area (Å²) < 4.78 is 21.0. The zero-order valence-corrected chi connectivity index (χ0v) is 19.7. The van der Waals surface area contributed by atoms with Crippen LogP contribution in [0, 0.1) is 22.9 Å². The number of nitrogens with zero attached hydrogens (tertiary/aromatic N) is 4. The first-order chi connectivity index (χ1) is 16.4. The van der Waals surface area contributed by atoms with Gasteiger partial charge in [-0.25, -0.2) is 4.39 Å². The van der Waals surface area contributed by atoms with E-state index in [4.69, 9.17) is 16.3 Å². The molecule has 0 unspecified atom stereocenters. The molecular weight excluding hydrogens is 479 g/mol. The van der Waals surface area contributed by atoms with Crippen molar-refractivity contribution in [3.05, 3.63) is 111 Å². The van der Waals surface area contributed by atoms with Gasteiger partial charge >= 0.3 is 0 Å². The molecule has 0 bridgehead atoms. The van der Waals surface area contributed by atoms with Crippen LogP contribution in [0.2, 0.25) is 5.02 Å². The van der Waals surface area contributed by atoms with Gasteiger partial charge in [-0.3, -0.25) is 14.7 Å². The van der Waals surface area contributed by atoms with Gasteiger partial charge in [-0.15, -0.1) is 10.2 Å². The van der Waals surface area contributed by atoms with Crippen molar-refractivity contribution in [3.8, 4) is 11.4 Å². The van der Waals surface area contributed by atoms with Gasteiger partial charge in [0.1, 0.15) is 29.2 Å². The van der Waals surface area contributed by atoms with Crippen LogP contribution >= 0.6 is 23.4 Å². The first kappa shape index (κ1) is 23.7. The van der Waals surface area contributed by atoms with E-state index in [1.165, 1.54) is 23.9 Å². The predicted octanol–water partition coefficient (Wildman–Crippen LogP) is 6.06. The zero-order valence-electron chi connectivity index (χ0n) is 18.1. The Bertz CT molecular complexity index is 1300. The third kappa shape index (κ3) is 5.73. The molecule has 1 atom stereocenters. The van der Waals surface area contributed by atoms with Gasteiger partial charge in [0, 0.05) is 10.6 Å². The van der Waals surface area contributed by atoms with Crippen LogP contribution in [0.1, 0.15) is 22.2 Å². The second-order valence-electron chi connectivity index (χ2n) is 7.43. The molecule has 0 aliphatic rings. The molecule has 7 nitrogen and oxygen atoms in total. The number of ether oxygens (including phenoxy) is 1. The Balaban J connectivity index is 1.57. The fourth-order valence-electron chi connectivity index (χ4n) is 3.39. The highest BCUT2D eigenvalue weighted by atomic mass is 35.5. The summed E-state index contributed by atoms with van der Waals surface area (Å²) in [6, 6.07) is 20.7. The van der Waals surface area contributed by atoms with E-state index in [2.05, 4.69) is 10.2 Å². The van der Waals surface area contributed by atoms with Crippen molar-refractivity contribution in [1.29, 1.82) is 0 Å². The van der Waals surface area contributed by atoms with Crippen molar-refractivity contribution in [2.75, 3.05) is 6.54 Å². The highest BCUT2D eigenvalue weighted by Crippen LogP contribution is 2.38. The number of aromatic nitrogens is 3. The maximum atomic E-state index is 13.4. The number of halogens is 2. The van der Waals surface area contributed by atoms with Gasteiger partial charge in [0.25, 0.3) is 0 Å². The van der Waals surface area contributed by atoms with Gasteiger partial charge in [-0.05, 0) is 54.4 Å². The topological polar surface area (TPSA) is 83.1 Å². The van der Waals surface area contributed by atoms with Crippen LogP contribution in [0.5, 0.6) is 5.75 Å². The lowest BCUT2D eigenvalue weighted by Crippen LogP contribution is -2.11. The molecule has 0 radical (unpaired) electrons. The van der Waals surface area contributed by atoms with E-state index in [0.717, 1.165) is 5.69 Å². The fourth-order valence-corrected chi connectivity index (χ4v) is 4.80. The lowest BCUT2D eigenvalue weighted by atomic mass is 10.1. The summed E-state index contributed by atoms with van der Waals surface area (Å²) in [4.78, 5) is 11.1. The monoisotopic (exact) mass is 498 g/mol. The fraction of sp³-hybridized carbons (Fsp3) is 0.167. The van der Waals surface area contributed by atoms with E-state index in [1.807, 2.05) is 41.8 Å². The molecule has 0 saturated carbocycles. The van der Waals surface area contributed by atoms with Gasteiger partial charge in [0.15, 0.2) is 5.16 Å². The van der Waals surface area contributed by atoms with E-state index < -0.39 is 5.25 Å². The van der Waals surface area contributed by atoms with Gasteiger partial charge in [0.2, 0.25) is 6.54 Å². The minimum atomic E-state index is -0.559. The third-order valence-electron chi connectivity index (χ3n) is 4.98. The molecule has 1 aromatic heterocycles. The van der Waals surface area contributed by atoms with Crippen molar-refractivity contribution >= 4 is 23.4 Å². The van der Waals surface area contributed by atoms with E-state index in [0.29, 0.717) is 32.9 Å². The minimum absolute atomic E-state index is 0.142. The molecule has 34 heavy (non-hydrogen) atoms. The number of hydrogen-bond acceptors (Lipinski definition) is 6. The number of hydrogen-bond donors (Lipinski definition) is 0. The average Bonchev–Trinajstić information content (AvgIpc) is 3.18. The zero-order chi connectivity index (χ0) is 24.1. The van der Waals surface area contributed by atoms with Crippen LogP contribution in [-0.4, -0.2) is 26.2 Å². The Labute approximate surface area is 204 Å². The Morgan fingerprint density at radius 1 is 1.12 bits per heavy atom. The molecule has 4 rings (SSSR count). The Morgan fingerprint density at radius 3 is 2.62 bits per heavy atom. The molecule has 4 aromatic rings. The molecule has 0 N–H and O–H groups in total. The lowest BCUT2D eigenvalue weighted by molar-refractivity contribution is -0.479. The van der Waals surface area contributed by atoms with Crippen molar-refractivity contribution in [3.63, 3.8) is 0 Å². The van der Waals surface area contributed by atoms with E-state index in [1.54, 1.807) is 30.3 Å². The van der Waals surface area contributed by atoms with Gasteiger partial charge < -0.3 is 4.74 Å². The molecule has 0 aliphatic carbocycles. The quantitative estimate of drug-likeness (QED) is 0.158. The molecule has 3 aromatic carbocycles. The normalized spacial score (nSPS) is 11.9. The lowest BCUT2D eigenvalue weighted by Gasteiger charge is -2.16. The van der Waals surface area contributed by atoms with Crippen LogP contribution < -0.4 is 4.74 Å². The molecule has 0 saturated heterocycles. The Morgan fingerprint density at radius 2 is 1.91 bits per heavy atom. The summed E-state index contributed by atoms with van der Waals surface area (Å²) in [5.74, 6) is 0.733. The SMILES string of the molecule is Cc1nnc(S[C@@H](C[N+](=O)[O-])c2ccc(OCc3cccc(F)c3)c(Cl)c2)n1-c1ccccc1. The van der Waals surface area contributed by atoms with E-state index in [9.17, 15) is 14.5 Å². The van der Waals surface area contributed by atoms with Crippen molar-refractivity contribution in [2.45, 2.75) is 23.9 Å². The highest BCUT2D eigenvalue weighted by Gasteiger charge is 2.24. The minimum Gasteiger partial charge on any atom is -0.487 e. The van der Waals surface area contributed by atoms with Crippen molar-refractivity contribution in [1.82, 2.24) is 14.8 Å². The molecule has 10 heteroatoms. The van der Waals surface area contributed by atoms with Crippen LogP contribution in [0.15, 0.2) is 78.0 Å². The number of nitro groups is 1. The smallest absolute Gasteiger partial charge is 0.220 e. The summed E-state index contributed by atoms with van der Waals surface area (Å²) in [5.41, 5.74) is 2.19. The van der Waals surface area contributed by atoms with Gasteiger partial charge in [-0.1, -0.05) is 59.8 Å². The van der Waals surface area contributed by atoms with Crippen LogP contribution in [0.4, 0.5) is 4.39 Å². The molecule has 1 heterocycles. The van der Waals surface area contributed by atoms with Crippen LogP contribution in [-0.2, 0) is 6.61 Å². The highest BCUT2D eigenvalue weighted by molar-refractivity contribution is 7.99. The maximum Gasteiger partial charge on any atom is 0.220 e.